The number of nitrogens with zero attached hydrogens (tertiary/aromatic N) is 1. The van der Waals surface area contributed by atoms with Gasteiger partial charge in [-0.2, -0.15) is 5.10 Å². The fourth-order valence-corrected chi connectivity index (χ4v) is 2.71. The summed E-state index contributed by atoms with van der Waals surface area (Å²) in [6, 6.07) is 21.9. The van der Waals surface area contributed by atoms with Crippen molar-refractivity contribution in [3.63, 3.8) is 0 Å². The molecular weight excluding hydrogens is 400 g/mol. The third-order valence-electron chi connectivity index (χ3n) is 4.15. The van der Waals surface area contributed by atoms with Gasteiger partial charge in [-0.25, -0.2) is 5.43 Å². The van der Waals surface area contributed by atoms with E-state index in [0.717, 1.165) is 23.3 Å². The molecule has 0 heterocycles. The van der Waals surface area contributed by atoms with Crippen molar-refractivity contribution in [2.75, 3.05) is 6.61 Å². The molecule has 1 N–H and O–H groups in total. The number of rotatable bonds is 9. The van der Waals surface area contributed by atoms with Crippen LogP contribution >= 0.6 is 11.6 Å². The highest BCUT2D eigenvalue weighted by atomic mass is 35.5. The van der Waals surface area contributed by atoms with Crippen molar-refractivity contribution in [2.45, 2.75) is 20.0 Å². The third-order valence-corrected chi connectivity index (χ3v) is 4.40. The molecule has 5 nitrogen and oxygen atoms in total. The van der Waals surface area contributed by atoms with E-state index in [0.29, 0.717) is 29.5 Å². The smallest absolute Gasteiger partial charge is 0.271 e. The zero-order valence-corrected chi connectivity index (χ0v) is 17.4. The van der Waals surface area contributed by atoms with Crippen LogP contribution in [0.1, 0.15) is 34.8 Å². The Bertz CT molecular complexity index is 986. The van der Waals surface area contributed by atoms with Crippen molar-refractivity contribution in [1.82, 2.24) is 5.43 Å². The van der Waals surface area contributed by atoms with Gasteiger partial charge in [0.1, 0.15) is 18.1 Å². The number of hydrazone groups is 1. The number of carbonyl (C=O) groups excluding carboxylic acids is 1. The van der Waals surface area contributed by atoms with Gasteiger partial charge >= 0.3 is 0 Å². The Balaban J connectivity index is 1.52. The van der Waals surface area contributed by atoms with E-state index >= 15 is 0 Å². The van der Waals surface area contributed by atoms with E-state index in [4.69, 9.17) is 21.1 Å². The van der Waals surface area contributed by atoms with Crippen LogP contribution in [0.2, 0.25) is 5.02 Å². The van der Waals surface area contributed by atoms with Crippen molar-refractivity contribution >= 4 is 23.7 Å². The van der Waals surface area contributed by atoms with Gasteiger partial charge in [0.25, 0.3) is 5.91 Å². The molecule has 3 aromatic carbocycles. The van der Waals surface area contributed by atoms with E-state index in [1.165, 1.54) is 0 Å². The van der Waals surface area contributed by atoms with Crippen molar-refractivity contribution < 1.29 is 14.3 Å². The second-order valence-electron chi connectivity index (χ2n) is 6.56. The number of halogens is 1. The van der Waals surface area contributed by atoms with Gasteiger partial charge in [0.2, 0.25) is 0 Å². The minimum absolute atomic E-state index is 0.288. The highest BCUT2D eigenvalue weighted by molar-refractivity contribution is 6.30. The molecular formula is C24H23ClN2O3. The minimum atomic E-state index is -0.288. The van der Waals surface area contributed by atoms with Gasteiger partial charge in [-0.1, -0.05) is 42.8 Å². The number of amides is 1. The number of hydrogen-bond donors (Lipinski definition) is 1. The first-order valence-corrected chi connectivity index (χ1v) is 10.1. The van der Waals surface area contributed by atoms with E-state index < -0.39 is 0 Å². The minimum Gasteiger partial charge on any atom is -0.494 e. The second-order valence-corrected chi connectivity index (χ2v) is 7.00. The van der Waals surface area contributed by atoms with Crippen LogP contribution in [0.5, 0.6) is 11.5 Å². The van der Waals surface area contributed by atoms with Gasteiger partial charge in [-0.15, -0.1) is 0 Å². The Morgan fingerprint density at radius 2 is 1.77 bits per heavy atom. The van der Waals surface area contributed by atoms with Crippen LogP contribution < -0.4 is 14.9 Å². The van der Waals surface area contributed by atoms with Crippen molar-refractivity contribution in [3.05, 3.63) is 94.5 Å². The number of benzene rings is 3. The molecule has 0 fully saturated rings. The SMILES string of the molecule is CCCOc1ccc(C(=O)N/N=C/c2cccc(OCc3ccc(Cl)cc3)c2)cc1. The summed E-state index contributed by atoms with van der Waals surface area (Å²) in [5.74, 6) is 1.17. The predicted octanol–water partition coefficient (Wildman–Crippen LogP) is 5.47. The second kappa shape index (κ2) is 11.0. The molecule has 0 saturated carbocycles. The molecule has 0 radical (unpaired) electrons. The summed E-state index contributed by atoms with van der Waals surface area (Å²) in [5, 5.41) is 4.73. The first kappa shape index (κ1) is 21.4. The lowest BCUT2D eigenvalue weighted by Crippen LogP contribution is -2.17. The first-order chi connectivity index (χ1) is 14.6. The lowest BCUT2D eigenvalue weighted by molar-refractivity contribution is 0.0955. The van der Waals surface area contributed by atoms with Crippen LogP contribution in [-0.2, 0) is 6.61 Å². The van der Waals surface area contributed by atoms with Gasteiger partial charge in [-0.3, -0.25) is 4.79 Å². The molecule has 0 unspecified atom stereocenters. The summed E-state index contributed by atoms with van der Waals surface area (Å²) in [7, 11) is 0. The molecule has 1 amide bonds. The van der Waals surface area contributed by atoms with Crippen molar-refractivity contribution in [3.8, 4) is 11.5 Å². The maximum absolute atomic E-state index is 12.2. The molecule has 6 heteroatoms. The Labute approximate surface area is 181 Å². The van der Waals surface area contributed by atoms with Gasteiger partial charge in [0.05, 0.1) is 12.8 Å². The molecule has 3 aromatic rings. The summed E-state index contributed by atoms with van der Waals surface area (Å²) in [5.41, 5.74) is 4.88. The van der Waals surface area contributed by atoms with Crippen LogP contribution in [0.25, 0.3) is 0 Å². The van der Waals surface area contributed by atoms with Gasteiger partial charge in [0, 0.05) is 10.6 Å². The average Bonchev–Trinajstić information content (AvgIpc) is 2.78. The number of carbonyl (C=O) groups is 1. The zero-order valence-electron chi connectivity index (χ0n) is 16.7. The van der Waals surface area contributed by atoms with Gasteiger partial charge < -0.3 is 9.47 Å². The lowest BCUT2D eigenvalue weighted by Gasteiger charge is -2.07. The first-order valence-electron chi connectivity index (χ1n) is 9.67. The monoisotopic (exact) mass is 422 g/mol. The van der Waals surface area contributed by atoms with E-state index in [1.807, 2.05) is 55.5 Å². The molecule has 0 bridgehead atoms. The maximum Gasteiger partial charge on any atom is 0.271 e. The molecule has 0 spiro atoms. The molecule has 0 aliphatic heterocycles. The van der Waals surface area contributed by atoms with Crippen LogP contribution in [-0.4, -0.2) is 18.7 Å². The molecule has 30 heavy (non-hydrogen) atoms. The van der Waals surface area contributed by atoms with E-state index in [2.05, 4.69) is 10.5 Å². The maximum atomic E-state index is 12.2. The summed E-state index contributed by atoms with van der Waals surface area (Å²) < 4.78 is 11.3. The molecule has 0 saturated heterocycles. The quantitative estimate of drug-likeness (QED) is 0.367. The van der Waals surface area contributed by atoms with Crippen LogP contribution in [0.15, 0.2) is 77.9 Å². The lowest BCUT2D eigenvalue weighted by atomic mass is 10.2. The fraction of sp³-hybridized carbons (Fsp3) is 0.167. The molecule has 0 aromatic heterocycles. The van der Waals surface area contributed by atoms with E-state index in [-0.39, 0.29) is 5.91 Å². The van der Waals surface area contributed by atoms with E-state index in [9.17, 15) is 4.79 Å². The molecule has 0 aliphatic rings. The van der Waals surface area contributed by atoms with Crippen molar-refractivity contribution in [1.29, 1.82) is 0 Å². The largest absolute Gasteiger partial charge is 0.494 e. The Kier molecular flexibility index (Phi) is 7.86. The normalized spacial score (nSPS) is 10.7. The fourth-order valence-electron chi connectivity index (χ4n) is 2.58. The summed E-state index contributed by atoms with van der Waals surface area (Å²) in [4.78, 5) is 12.2. The topological polar surface area (TPSA) is 59.9 Å². The van der Waals surface area contributed by atoms with Crippen LogP contribution in [0, 0.1) is 0 Å². The van der Waals surface area contributed by atoms with Crippen LogP contribution in [0.4, 0.5) is 0 Å². The van der Waals surface area contributed by atoms with Gasteiger partial charge in [-0.05, 0) is 66.1 Å². The number of nitrogens with one attached hydrogen (secondary N) is 1. The predicted molar refractivity (Wildman–Crippen MR) is 120 cm³/mol. The van der Waals surface area contributed by atoms with Gasteiger partial charge in [0.15, 0.2) is 0 Å². The van der Waals surface area contributed by atoms with Crippen LogP contribution in [0.3, 0.4) is 0 Å². The Morgan fingerprint density at radius 3 is 2.50 bits per heavy atom. The highest BCUT2D eigenvalue weighted by Gasteiger charge is 2.04. The molecule has 0 aliphatic carbocycles. The van der Waals surface area contributed by atoms with E-state index in [1.54, 1.807) is 30.5 Å². The molecule has 0 atom stereocenters. The highest BCUT2D eigenvalue weighted by Crippen LogP contribution is 2.16. The summed E-state index contributed by atoms with van der Waals surface area (Å²) in [6.45, 7) is 3.13. The Hall–Kier alpha value is -3.31. The number of hydrogen-bond acceptors (Lipinski definition) is 4. The Morgan fingerprint density at radius 1 is 1.00 bits per heavy atom. The summed E-state index contributed by atoms with van der Waals surface area (Å²) >= 11 is 5.89. The summed E-state index contributed by atoms with van der Waals surface area (Å²) in [6.07, 6.45) is 2.51. The molecule has 3 rings (SSSR count). The zero-order chi connectivity index (χ0) is 21.2. The van der Waals surface area contributed by atoms with Crippen molar-refractivity contribution in [2.24, 2.45) is 5.10 Å². The third kappa shape index (κ3) is 6.64. The molecule has 154 valence electrons. The number of ether oxygens (including phenoxy) is 2. The standard InChI is InChI=1S/C24H23ClN2O3/c1-2-14-29-22-12-8-20(9-13-22)24(28)27-26-16-19-4-3-5-23(15-19)30-17-18-6-10-21(25)11-7-18/h3-13,15-16H,2,14,17H2,1H3,(H,27,28)/b26-16+. The average molecular weight is 423 g/mol.